The molecular weight excluding hydrogens is 254 g/mol. The lowest BCUT2D eigenvalue weighted by Gasteiger charge is -2.36. The van der Waals surface area contributed by atoms with Gasteiger partial charge in [-0.3, -0.25) is 4.79 Å². The fourth-order valence-corrected chi connectivity index (χ4v) is 2.95. The largest absolute Gasteiger partial charge is 0.380 e. The summed E-state index contributed by atoms with van der Waals surface area (Å²) in [6, 6.07) is 0. The van der Waals surface area contributed by atoms with Crippen molar-refractivity contribution in [2.75, 3.05) is 6.54 Å². The van der Waals surface area contributed by atoms with E-state index in [2.05, 4.69) is 38.2 Å². The molecule has 2 nitrogen and oxygen atoms in total. The average Bonchev–Trinajstić information content (AvgIpc) is 2.27. The van der Waals surface area contributed by atoms with Gasteiger partial charge in [-0.15, -0.1) is 0 Å². The van der Waals surface area contributed by atoms with E-state index in [0.29, 0.717) is 17.3 Å². The van der Waals surface area contributed by atoms with Gasteiger partial charge in [-0.25, -0.2) is 0 Å². The summed E-state index contributed by atoms with van der Waals surface area (Å²) in [5.41, 5.74) is 1.60. The lowest BCUT2D eigenvalue weighted by molar-refractivity contribution is -0.113. The number of allylic oxidation sites excluding steroid dienone is 4. The van der Waals surface area contributed by atoms with Gasteiger partial charge in [0.1, 0.15) is 0 Å². The predicted molar refractivity (Wildman–Crippen MR) is 85.3 cm³/mol. The second-order valence-corrected chi connectivity index (χ2v) is 6.40. The van der Waals surface area contributed by atoms with Gasteiger partial charge in [-0.2, -0.15) is 0 Å². The van der Waals surface area contributed by atoms with E-state index in [0.717, 1.165) is 13.0 Å². The Hall–Kier alpha value is -0.960. The molecule has 0 saturated carbocycles. The molecule has 0 aromatic heterocycles. The van der Waals surface area contributed by atoms with Gasteiger partial charge < -0.3 is 5.32 Å². The maximum atomic E-state index is 11.9. The van der Waals surface area contributed by atoms with Crippen LogP contribution in [0.5, 0.6) is 0 Å². The van der Waals surface area contributed by atoms with Crippen LogP contribution in [0.2, 0.25) is 0 Å². The minimum atomic E-state index is 0.0834. The van der Waals surface area contributed by atoms with Crippen molar-refractivity contribution in [3.05, 3.63) is 23.8 Å². The third kappa shape index (κ3) is 4.90. The van der Waals surface area contributed by atoms with E-state index in [1.54, 1.807) is 6.08 Å². The monoisotopic (exact) mass is 279 g/mol. The van der Waals surface area contributed by atoms with E-state index in [1.165, 1.54) is 12.0 Å². The van der Waals surface area contributed by atoms with E-state index in [1.807, 2.05) is 6.92 Å². The first-order chi connectivity index (χ1) is 8.86. The molecule has 1 N–H and O–H groups in total. The Morgan fingerprint density at radius 1 is 1.58 bits per heavy atom. The minimum Gasteiger partial charge on any atom is -0.380 e. The summed E-state index contributed by atoms with van der Waals surface area (Å²) in [5, 5.41) is 3.00. The minimum absolute atomic E-state index is 0.0834. The zero-order valence-corrected chi connectivity index (χ0v) is 13.3. The summed E-state index contributed by atoms with van der Waals surface area (Å²) in [6.07, 6.45) is 8.68. The molecule has 0 heterocycles. The van der Waals surface area contributed by atoms with Crippen LogP contribution in [0.25, 0.3) is 0 Å². The van der Waals surface area contributed by atoms with Gasteiger partial charge in [0, 0.05) is 12.5 Å². The number of hydrogen-bond acceptors (Lipinski definition) is 2. The molecular formula is C16H25NOS. The van der Waals surface area contributed by atoms with E-state index >= 15 is 0 Å². The van der Waals surface area contributed by atoms with Gasteiger partial charge in [0.2, 0.25) is 0 Å². The Balaban J connectivity index is 2.64. The first-order valence-corrected chi connectivity index (χ1v) is 7.42. The summed E-state index contributed by atoms with van der Waals surface area (Å²) in [4.78, 5) is 12.5. The predicted octanol–water partition coefficient (Wildman–Crippen LogP) is 3.82. The molecule has 0 aliphatic heterocycles. The second kappa shape index (κ2) is 6.99. The van der Waals surface area contributed by atoms with Gasteiger partial charge in [-0.1, -0.05) is 43.8 Å². The number of nitrogens with one attached hydrogen (secondary N) is 1. The maximum Gasteiger partial charge on any atom is 0.162 e. The van der Waals surface area contributed by atoms with Crippen LogP contribution in [0.3, 0.4) is 0 Å². The Labute approximate surface area is 122 Å². The Kier molecular flexibility index (Phi) is 5.92. The topological polar surface area (TPSA) is 29.1 Å². The summed E-state index contributed by atoms with van der Waals surface area (Å²) >= 11 is 5.09. The highest BCUT2D eigenvalue weighted by atomic mass is 32.1. The molecule has 3 heteroatoms. The molecule has 1 rings (SSSR count). The average molecular weight is 279 g/mol. The van der Waals surface area contributed by atoms with Crippen molar-refractivity contribution in [2.45, 2.75) is 47.0 Å². The molecule has 0 saturated heterocycles. The van der Waals surface area contributed by atoms with Crippen molar-refractivity contribution in [3.8, 4) is 0 Å². The SMILES string of the molecule is CCNC(=S)CC(=O)/C=C/C1C(C)=CCCC1(C)C. The lowest BCUT2D eigenvalue weighted by Crippen LogP contribution is -2.26. The molecule has 0 bridgehead atoms. The van der Waals surface area contributed by atoms with E-state index in [-0.39, 0.29) is 11.2 Å². The van der Waals surface area contributed by atoms with Gasteiger partial charge in [-0.05, 0) is 38.2 Å². The van der Waals surface area contributed by atoms with E-state index < -0.39 is 0 Å². The quantitative estimate of drug-likeness (QED) is 0.471. The fraction of sp³-hybridized carbons (Fsp3) is 0.625. The molecule has 0 aromatic rings. The van der Waals surface area contributed by atoms with Crippen molar-refractivity contribution in [2.24, 2.45) is 11.3 Å². The highest BCUT2D eigenvalue weighted by Gasteiger charge is 2.30. The number of ketones is 1. The molecule has 0 fully saturated rings. The van der Waals surface area contributed by atoms with Gasteiger partial charge in [0.05, 0.1) is 11.4 Å². The number of carbonyl (C=O) groups is 1. The highest BCUT2D eigenvalue weighted by molar-refractivity contribution is 7.80. The smallest absolute Gasteiger partial charge is 0.162 e. The number of carbonyl (C=O) groups excluding carboxylic acids is 1. The van der Waals surface area contributed by atoms with Crippen LogP contribution in [0, 0.1) is 11.3 Å². The zero-order chi connectivity index (χ0) is 14.5. The third-order valence-corrected chi connectivity index (χ3v) is 4.06. The maximum absolute atomic E-state index is 11.9. The first kappa shape index (κ1) is 16.1. The summed E-state index contributed by atoms with van der Waals surface area (Å²) in [6.45, 7) is 9.45. The number of thiocarbonyl (C=S) groups is 1. The van der Waals surface area contributed by atoms with Crippen LogP contribution in [-0.4, -0.2) is 17.3 Å². The fourth-order valence-electron chi connectivity index (χ4n) is 2.66. The molecule has 19 heavy (non-hydrogen) atoms. The molecule has 1 atom stereocenters. The molecule has 0 spiro atoms. The third-order valence-electron chi connectivity index (χ3n) is 3.77. The standard InChI is InChI=1S/C16H25NOS/c1-5-17-15(19)11-13(18)8-9-14-12(2)7-6-10-16(14,3)4/h7-9,14H,5-6,10-11H2,1-4H3,(H,17,19)/b9-8+. The Bertz CT molecular complexity index is 407. The number of rotatable bonds is 5. The molecule has 106 valence electrons. The van der Waals surface area contributed by atoms with E-state index in [9.17, 15) is 4.79 Å². The molecule has 1 aliphatic carbocycles. The summed E-state index contributed by atoms with van der Waals surface area (Å²) in [5.74, 6) is 0.443. The second-order valence-electron chi connectivity index (χ2n) is 5.91. The summed E-state index contributed by atoms with van der Waals surface area (Å²) < 4.78 is 0. The van der Waals surface area contributed by atoms with Crippen molar-refractivity contribution in [1.29, 1.82) is 0 Å². The summed E-state index contributed by atoms with van der Waals surface area (Å²) in [7, 11) is 0. The Morgan fingerprint density at radius 2 is 2.26 bits per heavy atom. The van der Waals surface area contributed by atoms with Crippen molar-refractivity contribution in [3.63, 3.8) is 0 Å². The van der Waals surface area contributed by atoms with Crippen molar-refractivity contribution in [1.82, 2.24) is 5.32 Å². The molecule has 1 unspecified atom stereocenters. The molecule has 0 aromatic carbocycles. The zero-order valence-electron chi connectivity index (χ0n) is 12.5. The van der Waals surface area contributed by atoms with Crippen molar-refractivity contribution < 1.29 is 4.79 Å². The molecule has 1 aliphatic rings. The first-order valence-electron chi connectivity index (χ1n) is 7.01. The van der Waals surface area contributed by atoms with Crippen LogP contribution in [-0.2, 0) is 4.79 Å². The van der Waals surface area contributed by atoms with Gasteiger partial charge >= 0.3 is 0 Å². The molecule has 0 amide bonds. The lowest BCUT2D eigenvalue weighted by atomic mass is 9.68. The van der Waals surface area contributed by atoms with Crippen LogP contribution < -0.4 is 5.32 Å². The normalized spacial score (nSPS) is 22.1. The van der Waals surface area contributed by atoms with Gasteiger partial charge in [0.15, 0.2) is 5.78 Å². The van der Waals surface area contributed by atoms with Gasteiger partial charge in [0.25, 0.3) is 0 Å². The van der Waals surface area contributed by atoms with E-state index in [4.69, 9.17) is 12.2 Å². The highest BCUT2D eigenvalue weighted by Crippen LogP contribution is 2.41. The van der Waals surface area contributed by atoms with Crippen LogP contribution >= 0.6 is 12.2 Å². The van der Waals surface area contributed by atoms with Crippen molar-refractivity contribution >= 4 is 23.0 Å². The molecule has 0 radical (unpaired) electrons. The van der Waals surface area contributed by atoms with Crippen LogP contribution in [0.1, 0.15) is 47.0 Å². The van der Waals surface area contributed by atoms with Crippen LogP contribution in [0.15, 0.2) is 23.8 Å². The Morgan fingerprint density at radius 3 is 2.84 bits per heavy atom. The number of hydrogen-bond donors (Lipinski definition) is 1. The van der Waals surface area contributed by atoms with Crippen LogP contribution in [0.4, 0.5) is 0 Å².